The third-order valence-corrected chi connectivity index (χ3v) is 4.12. The van der Waals surface area contributed by atoms with Gasteiger partial charge in [-0.25, -0.2) is 0 Å². The summed E-state index contributed by atoms with van der Waals surface area (Å²) in [6.45, 7) is 4.85. The Balaban J connectivity index is 1.45. The SMILES string of the molecule is CCc1ccc(OCC(O)CN2CCc3[nH]ncc3C2)cc1. The maximum Gasteiger partial charge on any atom is 0.119 e. The lowest BCUT2D eigenvalue weighted by molar-refractivity contribution is 0.0637. The number of aromatic nitrogens is 2. The van der Waals surface area contributed by atoms with E-state index < -0.39 is 6.10 Å². The molecule has 0 radical (unpaired) electrons. The topological polar surface area (TPSA) is 61.4 Å². The summed E-state index contributed by atoms with van der Waals surface area (Å²) in [5.41, 5.74) is 3.74. The monoisotopic (exact) mass is 301 g/mol. The molecule has 5 heteroatoms. The summed E-state index contributed by atoms with van der Waals surface area (Å²) >= 11 is 0. The van der Waals surface area contributed by atoms with Gasteiger partial charge in [0.05, 0.1) is 6.20 Å². The van der Waals surface area contributed by atoms with Crippen LogP contribution in [0.4, 0.5) is 0 Å². The van der Waals surface area contributed by atoms with E-state index in [1.807, 2.05) is 18.3 Å². The number of hydrogen-bond donors (Lipinski definition) is 2. The minimum absolute atomic E-state index is 0.320. The highest BCUT2D eigenvalue weighted by Crippen LogP contribution is 2.17. The van der Waals surface area contributed by atoms with Gasteiger partial charge in [0.2, 0.25) is 0 Å². The van der Waals surface area contributed by atoms with Crippen molar-refractivity contribution in [3.63, 3.8) is 0 Å². The maximum absolute atomic E-state index is 10.2. The largest absolute Gasteiger partial charge is 0.491 e. The van der Waals surface area contributed by atoms with Crippen molar-refractivity contribution in [2.45, 2.75) is 32.4 Å². The number of ether oxygens (including phenoxy) is 1. The number of nitrogens with one attached hydrogen (secondary N) is 1. The first-order valence-electron chi connectivity index (χ1n) is 7.88. The number of aliphatic hydroxyl groups is 1. The molecule has 3 rings (SSSR count). The van der Waals surface area contributed by atoms with Crippen LogP contribution in [0.5, 0.6) is 5.75 Å². The number of β-amino-alcohol motifs (C(OH)–C–C–N with tert-alkyl or cyclic N) is 1. The lowest BCUT2D eigenvalue weighted by atomic mass is 10.1. The fourth-order valence-corrected chi connectivity index (χ4v) is 2.80. The summed E-state index contributed by atoms with van der Waals surface area (Å²) < 4.78 is 5.67. The van der Waals surface area contributed by atoms with Gasteiger partial charge in [-0.15, -0.1) is 0 Å². The molecule has 1 aliphatic heterocycles. The van der Waals surface area contributed by atoms with Crippen LogP contribution in [0.25, 0.3) is 0 Å². The first-order chi connectivity index (χ1) is 10.7. The molecule has 2 heterocycles. The van der Waals surface area contributed by atoms with Crippen molar-refractivity contribution in [1.29, 1.82) is 0 Å². The van der Waals surface area contributed by atoms with Crippen molar-refractivity contribution in [3.8, 4) is 5.75 Å². The maximum atomic E-state index is 10.2. The molecule has 0 bridgehead atoms. The van der Waals surface area contributed by atoms with Gasteiger partial charge < -0.3 is 9.84 Å². The molecule has 2 N–H and O–H groups in total. The van der Waals surface area contributed by atoms with Crippen molar-refractivity contribution < 1.29 is 9.84 Å². The number of rotatable bonds is 6. The molecule has 1 unspecified atom stereocenters. The molecular formula is C17H23N3O2. The van der Waals surface area contributed by atoms with Crippen molar-refractivity contribution in [2.75, 3.05) is 19.7 Å². The van der Waals surface area contributed by atoms with E-state index in [4.69, 9.17) is 4.74 Å². The van der Waals surface area contributed by atoms with Crippen LogP contribution >= 0.6 is 0 Å². The number of fused-ring (bicyclic) bond motifs is 1. The molecule has 118 valence electrons. The lowest BCUT2D eigenvalue weighted by Crippen LogP contribution is -2.38. The number of benzene rings is 1. The normalized spacial score (nSPS) is 16.3. The molecule has 1 atom stereocenters. The summed E-state index contributed by atoms with van der Waals surface area (Å²) in [5, 5.41) is 17.3. The minimum atomic E-state index is -0.487. The molecule has 0 spiro atoms. The number of nitrogens with zero attached hydrogens (tertiary/aromatic N) is 2. The fraction of sp³-hybridized carbons (Fsp3) is 0.471. The van der Waals surface area contributed by atoms with Crippen LogP contribution < -0.4 is 4.74 Å². The van der Waals surface area contributed by atoms with Crippen LogP contribution in [0, 0.1) is 0 Å². The van der Waals surface area contributed by atoms with Crippen LogP contribution in [0.15, 0.2) is 30.5 Å². The van der Waals surface area contributed by atoms with E-state index in [1.54, 1.807) is 0 Å². The molecule has 22 heavy (non-hydrogen) atoms. The highest BCUT2D eigenvalue weighted by Gasteiger charge is 2.20. The van der Waals surface area contributed by atoms with Crippen molar-refractivity contribution in [3.05, 3.63) is 47.3 Å². The smallest absolute Gasteiger partial charge is 0.119 e. The molecule has 0 aliphatic carbocycles. The van der Waals surface area contributed by atoms with Gasteiger partial charge in [-0.3, -0.25) is 10.00 Å². The number of aliphatic hydroxyl groups excluding tert-OH is 1. The second kappa shape index (κ2) is 6.94. The Labute approximate surface area is 130 Å². The van der Waals surface area contributed by atoms with E-state index in [0.717, 1.165) is 31.7 Å². The molecule has 5 nitrogen and oxygen atoms in total. The minimum Gasteiger partial charge on any atom is -0.491 e. The molecule has 0 saturated carbocycles. The zero-order chi connectivity index (χ0) is 15.4. The average Bonchev–Trinajstić information content (AvgIpc) is 3.01. The molecule has 1 aromatic carbocycles. The Hall–Kier alpha value is -1.85. The summed E-state index contributed by atoms with van der Waals surface area (Å²) in [4.78, 5) is 2.24. The Bertz CT molecular complexity index is 594. The molecule has 0 amide bonds. The van der Waals surface area contributed by atoms with Gasteiger partial charge in [0.25, 0.3) is 0 Å². The van der Waals surface area contributed by atoms with Gasteiger partial charge in [-0.2, -0.15) is 5.10 Å². The summed E-state index contributed by atoms with van der Waals surface area (Å²) in [7, 11) is 0. The third kappa shape index (κ3) is 3.67. The van der Waals surface area contributed by atoms with E-state index in [1.165, 1.54) is 16.8 Å². The summed E-state index contributed by atoms with van der Waals surface area (Å²) in [6.07, 6.45) is 3.37. The first-order valence-corrected chi connectivity index (χ1v) is 7.88. The second-order valence-corrected chi connectivity index (χ2v) is 5.82. The van der Waals surface area contributed by atoms with Crippen LogP contribution in [0.1, 0.15) is 23.7 Å². The van der Waals surface area contributed by atoms with Crippen molar-refractivity contribution >= 4 is 0 Å². The highest BCUT2D eigenvalue weighted by molar-refractivity contribution is 5.27. The van der Waals surface area contributed by atoms with Crippen LogP contribution in [-0.2, 0) is 19.4 Å². The quantitative estimate of drug-likeness (QED) is 0.853. The molecular weight excluding hydrogens is 278 g/mol. The molecule has 0 fully saturated rings. The molecule has 0 saturated heterocycles. The average molecular weight is 301 g/mol. The van der Waals surface area contributed by atoms with Gasteiger partial charge in [0.15, 0.2) is 0 Å². The van der Waals surface area contributed by atoms with E-state index in [0.29, 0.717) is 13.2 Å². The zero-order valence-corrected chi connectivity index (χ0v) is 13.0. The third-order valence-electron chi connectivity index (χ3n) is 4.12. The summed E-state index contributed by atoms with van der Waals surface area (Å²) in [5.74, 6) is 0.812. The van der Waals surface area contributed by atoms with Crippen molar-refractivity contribution in [1.82, 2.24) is 15.1 Å². The summed E-state index contributed by atoms with van der Waals surface area (Å²) in [6, 6.07) is 8.05. The number of aryl methyl sites for hydroxylation is 1. The Morgan fingerprint density at radius 3 is 2.95 bits per heavy atom. The number of hydrogen-bond acceptors (Lipinski definition) is 4. The number of H-pyrrole nitrogens is 1. The van der Waals surface area contributed by atoms with E-state index in [9.17, 15) is 5.11 Å². The standard InChI is InChI=1S/C17H23N3O2/c1-2-13-3-5-16(6-4-13)22-12-15(21)11-20-8-7-17-14(10-20)9-18-19-17/h3-6,9,15,21H,2,7-8,10-12H2,1H3,(H,18,19). The van der Waals surface area contributed by atoms with Crippen LogP contribution in [-0.4, -0.2) is 46.0 Å². The van der Waals surface area contributed by atoms with Gasteiger partial charge in [0.1, 0.15) is 18.5 Å². The van der Waals surface area contributed by atoms with E-state index in [-0.39, 0.29) is 0 Å². The van der Waals surface area contributed by atoms with Gasteiger partial charge in [-0.05, 0) is 24.1 Å². The van der Waals surface area contributed by atoms with Crippen LogP contribution in [0.3, 0.4) is 0 Å². The molecule has 1 aliphatic rings. The van der Waals surface area contributed by atoms with E-state index in [2.05, 4.69) is 34.2 Å². The van der Waals surface area contributed by atoms with Crippen LogP contribution in [0.2, 0.25) is 0 Å². The molecule has 1 aromatic heterocycles. The van der Waals surface area contributed by atoms with E-state index >= 15 is 0 Å². The van der Waals surface area contributed by atoms with Gasteiger partial charge in [-0.1, -0.05) is 19.1 Å². The predicted molar refractivity (Wildman–Crippen MR) is 84.9 cm³/mol. The first kappa shape index (κ1) is 15.1. The highest BCUT2D eigenvalue weighted by atomic mass is 16.5. The molecule has 2 aromatic rings. The Morgan fingerprint density at radius 2 is 2.18 bits per heavy atom. The fourth-order valence-electron chi connectivity index (χ4n) is 2.80. The number of aromatic amines is 1. The van der Waals surface area contributed by atoms with Gasteiger partial charge >= 0.3 is 0 Å². The zero-order valence-electron chi connectivity index (χ0n) is 13.0. The van der Waals surface area contributed by atoms with Crippen molar-refractivity contribution in [2.24, 2.45) is 0 Å². The predicted octanol–water partition coefficient (Wildman–Crippen LogP) is 1.77. The lowest BCUT2D eigenvalue weighted by Gasteiger charge is -2.28. The Morgan fingerprint density at radius 1 is 1.36 bits per heavy atom. The second-order valence-electron chi connectivity index (χ2n) is 5.82. The Kier molecular flexibility index (Phi) is 4.75. The van der Waals surface area contributed by atoms with Gasteiger partial charge in [0, 0.05) is 37.3 Å².